The van der Waals surface area contributed by atoms with Crippen LogP contribution in [-0.2, 0) is 9.53 Å². The van der Waals surface area contributed by atoms with Crippen molar-refractivity contribution in [1.82, 2.24) is 4.57 Å². The summed E-state index contributed by atoms with van der Waals surface area (Å²) in [6.07, 6.45) is 3.03. The molecular formula is C21H18N2O4. The van der Waals surface area contributed by atoms with E-state index in [1.54, 1.807) is 35.2 Å². The van der Waals surface area contributed by atoms with Crippen molar-refractivity contribution in [3.8, 4) is 11.4 Å². The molecule has 0 saturated carbocycles. The van der Waals surface area contributed by atoms with Crippen molar-refractivity contribution in [2.75, 3.05) is 18.6 Å². The summed E-state index contributed by atoms with van der Waals surface area (Å²) in [7, 11) is 1.30. The average Bonchev–Trinajstić information content (AvgIpc) is 3.27. The second-order valence-electron chi connectivity index (χ2n) is 6.15. The maximum absolute atomic E-state index is 13.1. The molecule has 0 N–H and O–H groups in total. The molecule has 4 rings (SSSR count). The number of hydrogen-bond donors (Lipinski definition) is 0. The van der Waals surface area contributed by atoms with E-state index in [4.69, 9.17) is 9.47 Å². The van der Waals surface area contributed by atoms with Gasteiger partial charge in [-0.3, -0.25) is 4.79 Å². The van der Waals surface area contributed by atoms with Crippen LogP contribution in [0.1, 0.15) is 10.4 Å². The van der Waals surface area contributed by atoms with Gasteiger partial charge in [-0.2, -0.15) is 0 Å². The van der Waals surface area contributed by atoms with E-state index in [9.17, 15) is 9.59 Å². The molecule has 1 aromatic heterocycles. The lowest BCUT2D eigenvalue weighted by atomic mass is 10.1. The number of fused-ring (bicyclic) bond motifs is 1. The van der Waals surface area contributed by atoms with Gasteiger partial charge in [-0.1, -0.05) is 12.1 Å². The van der Waals surface area contributed by atoms with E-state index >= 15 is 0 Å². The Labute approximate surface area is 156 Å². The van der Waals surface area contributed by atoms with Crippen molar-refractivity contribution >= 4 is 17.6 Å². The quantitative estimate of drug-likeness (QED) is 0.672. The molecule has 2 heterocycles. The number of amides is 1. The first-order chi connectivity index (χ1) is 13.2. The summed E-state index contributed by atoms with van der Waals surface area (Å²) in [6.45, 7) is 0.0991. The van der Waals surface area contributed by atoms with E-state index < -0.39 is 12.1 Å². The summed E-state index contributed by atoms with van der Waals surface area (Å²) in [5.41, 5.74) is 2.13. The van der Waals surface area contributed by atoms with Crippen LogP contribution in [0.2, 0.25) is 0 Å². The highest BCUT2D eigenvalue weighted by atomic mass is 16.6. The number of anilines is 1. The van der Waals surface area contributed by atoms with E-state index in [0.717, 1.165) is 5.69 Å². The van der Waals surface area contributed by atoms with E-state index in [0.29, 0.717) is 17.0 Å². The lowest BCUT2D eigenvalue weighted by Crippen LogP contribution is -2.47. The number of rotatable bonds is 3. The van der Waals surface area contributed by atoms with Crippen LogP contribution in [0.4, 0.5) is 5.69 Å². The first-order valence-electron chi connectivity index (χ1n) is 8.56. The molecule has 0 fully saturated rings. The number of aromatic nitrogens is 1. The maximum atomic E-state index is 13.1. The Morgan fingerprint density at radius 3 is 2.41 bits per heavy atom. The predicted octanol–water partition coefficient (Wildman–Crippen LogP) is 3.06. The van der Waals surface area contributed by atoms with Gasteiger partial charge in [0.05, 0.1) is 19.3 Å². The molecule has 0 unspecified atom stereocenters. The van der Waals surface area contributed by atoms with Gasteiger partial charge < -0.3 is 18.9 Å². The number of nitrogens with zero attached hydrogens (tertiary/aromatic N) is 2. The summed E-state index contributed by atoms with van der Waals surface area (Å²) < 4.78 is 12.5. The van der Waals surface area contributed by atoms with Crippen LogP contribution < -0.4 is 9.64 Å². The van der Waals surface area contributed by atoms with Crippen molar-refractivity contribution in [3.05, 3.63) is 78.6 Å². The van der Waals surface area contributed by atoms with E-state index in [1.165, 1.54) is 7.11 Å². The molecule has 1 atom stereocenters. The Morgan fingerprint density at radius 1 is 1.00 bits per heavy atom. The topological polar surface area (TPSA) is 60.8 Å². The van der Waals surface area contributed by atoms with Crippen molar-refractivity contribution in [1.29, 1.82) is 0 Å². The van der Waals surface area contributed by atoms with Crippen LogP contribution in [0.25, 0.3) is 5.69 Å². The highest BCUT2D eigenvalue weighted by molar-refractivity contribution is 6.07. The van der Waals surface area contributed by atoms with Crippen LogP contribution in [0.5, 0.6) is 5.75 Å². The van der Waals surface area contributed by atoms with Gasteiger partial charge in [0.1, 0.15) is 5.75 Å². The normalized spacial score (nSPS) is 15.6. The number of esters is 1. The van der Waals surface area contributed by atoms with E-state index in [1.807, 2.05) is 47.3 Å². The van der Waals surface area contributed by atoms with Gasteiger partial charge in [0.2, 0.25) is 6.10 Å². The number of methoxy groups -OCH3 is 1. The summed E-state index contributed by atoms with van der Waals surface area (Å²) in [4.78, 5) is 26.7. The third kappa shape index (κ3) is 3.17. The zero-order chi connectivity index (χ0) is 18.8. The Kier molecular flexibility index (Phi) is 4.38. The Morgan fingerprint density at radius 2 is 1.70 bits per heavy atom. The second kappa shape index (κ2) is 6.99. The van der Waals surface area contributed by atoms with Crippen LogP contribution in [0, 0.1) is 0 Å². The van der Waals surface area contributed by atoms with Crippen molar-refractivity contribution in [2.24, 2.45) is 0 Å². The molecule has 6 nitrogen and oxygen atoms in total. The van der Waals surface area contributed by atoms with Crippen molar-refractivity contribution in [3.63, 3.8) is 0 Å². The maximum Gasteiger partial charge on any atom is 0.348 e. The van der Waals surface area contributed by atoms with Crippen molar-refractivity contribution in [2.45, 2.75) is 6.10 Å². The SMILES string of the molecule is COC(=O)[C@@H]1CN(C(=O)c2ccc(-n3cccc3)cc2)c2ccccc2O1. The zero-order valence-corrected chi connectivity index (χ0v) is 14.7. The molecule has 6 heteroatoms. The molecule has 2 aromatic carbocycles. The molecule has 136 valence electrons. The van der Waals surface area contributed by atoms with Crippen LogP contribution in [0.15, 0.2) is 73.1 Å². The summed E-state index contributed by atoms with van der Waals surface area (Å²) in [5.74, 6) is -0.222. The minimum Gasteiger partial charge on any atom is -0.475 e. The lowest BCUT2D eigenvalue weighted by Gasteiger charge is -2.33. The number of ether oxygens (including phenoxy) is 2. The monoisotopic (exact) mass is 362 g/mol. The van der Waals surface area contributed by atoms with Crippen LogP contribution >= 0.6 is 0 Å². The van der Waals surface area contributed by atoms with Crippen molar-refractivity contribution < 1.29 is 19.1 Å². The Balaban J connectivity index is 1.64. The lowest BCUT2D eigenvalue weighted by molar-refractivity contribution is -0.148. The first kappa shape index (κ1) is 16.9. The molecule has 0 spiro atoms. The molecule has 0 bridgehead atoms. The fourth-order valence-electron chi connectivity index (χ4n) is 3.12. The third-order valence-electron chi connectivity index (χ3n) is 4.50. The predicted molar refractivity (Wildman–Crippen MR) is 100 cm³/mol. The van der Waals surface area contributed by atoms with Gasteiger partial charge >= 0.3 is 5.97 Å². The molecule has 0 aliphatic carbocycles. The smallest absolute Gasteiger partial charge is 0.348 e. The molecule has 0 saturated heterocycles. The molecule has 3 aromatic rings. The van der Waals surface area contributed by atoms with Gasteiger partial charge in [0, 0.05) is 23.6 Å². The van der Waals surface area contributed by atoms with Crippen LogP contribution in [-0.4, -0.2) is 36.2 Å². The van der Waals surface area contributed by atoms with Gasteiger partial charge in [0.15, 0.2) is 0 Å². The van der Waals surface area contributed by atoms with Crippen LogP contribution in [0.3, 0.4) is 0 Å². The number of benzene rings is 2. The minimum atomic E-state index is -0.854. The molecule has 1 aliphatic heterocycles. The fraction of sp³-hybridized carbons (Fsp3) is 0.143. The van der Waals surface area contributed by atoms with Gasteiger partial charge in [-0.05, 0) is 48.5 Å². The number of hydrogen-bond acceptors (Lipinski definition) is 4. The molecule has 0 radical (unpaired) electrons. The zero-order valence-electron chi connectivity index (χ0n) is 14.7. The molecule has 27 heavy (non-hydrogen) atoms. The first-order valence-corrected chi connectivity index (χ1v) is 8.56. The largest absolute Gasteiger partial charge is 0.475 e. The molecular weight excluding hydrogens is 344 g/mol. The Hall–Kier alpha value is -3.54. The standard InChI is InChI=1S/C21H18N2O4/c1-26-21(25)19-14-23(17-6-2-3-7-18(17)27-19)20(24)15-8-10-16(11-9-15)22-12-4-5-13-22/h2-13,19H,14H2,1H3/t19-/m0/s1. The fourth-order valence-corrected chi connectivity index (χ4v) is 3.12. The summed E-state index contributed by atoms with van der Waals surface area (Å²) >= 11 is 0. The third-order valence-corrected chi connectivity index (χ3v) is 4.50. The number of carbonyl (C=O) groups is 2. The number of para-hydroxylation sites is 2. The molecule has 1 amide bonds. The van der Waals surface area contributed by atoms with E-state index in [-0.39, 0.29) is 12.5 Å². The molecule has 1 aliphatic rings. The summed E-state index contributed by atoms with van der Waals surface area (Å²) in [5, 5.41) is 0. The highest BCUT2D eigenvalue weighted by Crippen LogP contribution is 2.34. The Bertz CT molecular complexity index is 964. The minimum absolute atomic E-state index is 0.0991. The average molecular weight is 362 g/mol. The van der Waals surface area contributed by atoms with E-state index in [2.05, 4.69) is 0 Å². The van der Waals surface area contributed by atoms with Gasteiger partial charge in [-0.15, -0.1) is 0 Å². The second-order valence-corrected chi connectivity index (χ2v) is 6.15. The summed E-state index contributed by atoms with van der Waals surface area (Å²) in [6, 6.07) is 18.4. The van der Waals surface area contributed by atoms with Gasteiger partial charge in [0.25, 0.3) is 5.91 Å². The highest BCUT2D eigenvalue weighted by Gasteiger charge is 2.34. The number of carbonyl (C=O) groups excluding carboxylic acids is 2. The van der Waals surface area contributed by atoms with Gasteiger partial charge in [-0.25, -0.2) is 4.79 Å².